The predicted octanol–water partition coefficient (Wildman–Crippen LogP) is 4.92. The Morgan fingerprint density at radius 3 is 2.48 bits per heavy atom. The third kappa shape index (κ3) is 6.03. The molecule has 208 valence electrons. The molecule has 0 bridgehead atoms. The molecule has 4 rings (SSSR count). The highest BCUT2D eigenvalue weighted by Crippen LogP contribution is 2.38. The van der Waals surface area contributed by atoms with E-state index in [1.165, 1.54) is 18.2 Å². The molecule has 0 aliphatic heterocycles. The molecule has 3 amide bonds. The van der Waals surface area contributed by atoms with Crippen molar-refractivity contribution in [1.29, 1.82) is 0 Å². The Labute approximate surface area is 232 Å². The Bertz CT molecular complexity index is 1570. The molecule has 0 atom stereocenters. The van der Waals surface area contributed by atoms with Crippen molar-refractivity contribution in [1.82, 2.24) is 10.3 Å². The Kier molecular flexibility index (Phi) is 8.32. The van der Waals surface area contributed by atoms with Crippen LogP contribution in [0.15, 0.2) is 53.8 Å². The monoisotopic (exact) mass is 544 g/mol. The predicted molar refractivity (Wildman–Crippen MR) is 154 cm³/mol. The van der Waals surface area contributed by atoms with Gasteiger partial charge in [0, 0.05) is 47.1 Å². The standard InChI is InChI=1S/C31H33FN4O4/c1-6-28(37)35-26-15-22(32)10-11-23(26)21-13-24(19(5)27(14-21)36(7-2)31(40)20-8-9-20)29(38)33-16-25-17(3)12-18(4)34-30(25)39/h6,10-15,20H,1,7-9,16H2,2-5H3,(H,33,38)(H,34,39)(H,35,37). The Morgan fingerprint density at radius 1 is 1.12 bits per heavy atom. The summed E-state index contributed by atoms with van der Waals surface area (Å²) in [6, 6.07) is 9.22. The Balaban J connectivity index is 1.82. The van der Waals surface area contributed by atoms with Gasteiger partial charge in [-0.25, -0.2) is 4.39 Å². The van der Waals surface area contributed by atoms with Gasteiger partial charge in [0.15, 0.2) is 0 Å². The molecule has 0 unspecified atom stereocenters. The largest absolute Gasteiger partial charge is 0.348 e. The summed E-state index contributed by atoms with van der Waals surface area (Å²) in [4.78, 5) is 55.8. The first-order valence-corrected chi connectivity index (χ1v) is 13.2. The number of rotatable bonds is 9. The second-order valence-electron chi connectivity index (χ2n) is 10.0. The summed E-state index contributed by atoms with van der Waals surface area (Å²) in [5, 5.41) is 5.47. The number of aromatic nitrogens is 1. The van der Waals surface area contributed by atoms with Gasteiger partial charge in [0.05, 0.1) is 5.69 Å². The van der Waals surface area contributed by atoms with Crippen molar-refractivity contribution in [3.05, 3.63) is 93.2 Å². The number of aryl methyl sites for hydroxylation is 2. The molecule has 1 aliphatic rings. The van der Waals surface area contributed by atoms with Gasteiger partial charge >= 0.3 is 0 Å². The number of nitrogens with one attached hydrogen (secondary N) is 3. The second kappa shape index (κ2) is 11.7. The van der Waals surface area contributed by atoms with Crippen molar-refractivity contribution < 1.29 is 18.8 Å². The summed E-state index contributed by atoms with van der Waals surface area (Å²) in [5.74, 6) is -1.57. The molecule has 0 spiro atoms. The minimum Gasteiger partial charge on any atom is -0.348 e. The van der Waals surface area contributed by atoms with Crippen LogP contribution in [0.25, 0.3) is 11.1 Å². The number of amides is 3. The maximum atomic E-state index is 14.2. The van der Waals surface area contributed by atoms with E-state index in [4.69, 9.17) is 0 Å². The minimum atomic E-state index is -0.550. The number of pyridine rings is 1. The van der Waals surface area contributed by atoms with Crippen molar-refractivity contribution in [3.8, 4) is 11.1 Å². The number of H-pyrrole nitrogens is 1. The van der Waals surface area contributed by atoms with E-state index in [2.05, 4.69) is 22.2 Å². The number of hydrogen-bond acceptors (Lipinski definition) is 4. The maximum Gasteiger partial charge on any atom is 0.253 e. The Hall–Kier alpha value is -4.53. The quantitative estimate of drug-likeness (QED) is 0.332. The molecular weight excluding hydrogens is 511 g/mol. The van der Waals surface area contributed by atoms with Crippen LogP contribution in [-0.4, -0.2) is 29.3 Å². The smallest absolute Gasteiger partial charge is 0.253 e. The lowest BCUT2D eigenvalue weighted by molar-refractivity contribution is -0.119. The van der Waals surface area contributed by atoms with Gasteiger partial charge in [-0.15, -0.1) is 0 Å². The molecule has 1 aromatic heterocycles. The first-order chi connectivity index (χ1) is 19.0. The van der Waals surface area contributed by atoms with Crippen LogP contribution in [0.4, 0.5) is 15.8 Å². The third-order valence-corrected chi connectivity index (χ3v) is 7.08. The highest BCUT2D eigenvalue weighted by Gasteiger charge is 2.34. The summed E-state index contributed by atoms with van der Waals surface area (Å²) in [7, 11) is 0. The van der Waals surface area contributed by atoms with Crippen molar-refractivity contribution in [2.75, 3.05) is 16.8 Å². The number of carbonyl (C=O) groups excluding carboxylic acids is 3. The zero-order chi connectivity index (χ0) is 29.1. The lowest BCUT2D eigenvalue weighted by Crippen LogP contribution is -2.33. The molecule has 1 aliphatic carbocycles. The summed E-state index contributed by atoms with van der Waals surface area (Å²) in [6.07, 6.45) is 2.72. The van der Waals surface area contributed by atoms with E-state index in [1.54, 1.807) is 30.9 Å². The molecule has 3 aromatic rings. The maximum absolute atomic E-state index is 14.2. The molecule has 3 N–H and O–H groups in total. The highest BCUT2D eigenvalue weighted by molar-refractivity contribution is 6.05. The number of nitrogens with zero attached hydrogens (tertiary/aromatic N) is 1. The van der Waals surface area contributed by atoms with E-state index < -0.39 is 17.6 Å². The second-order valence-corrected chi connectivity index (χ2v) is 10.0. The zero-order valence-electron chi connectivity index (χ0n) is 23.1. The first kappa shape index (κ1) is 28.5. The molecule has 0 saturated heterocycles. The van der Waals surface area contributed by atoms with E-state index in [9.17, 15) is 23.6 Å². The molecule has 0 radical (unpaired) electrons. The van der Waals surface area contributed by atoms with Crippen LogP contribution in [0.2, 0.25) is 0 Å². The lowest BCUT2D eigenvalue weighted by Gasteiger charge is -2.26. The number of aromatic amines is 1. The average Bonchev–Trinajstić information content (AvgIpc) is 3.75. The van der Waals surface area contributed by atoms with Crippen LogP contribution in [-0.2, 0) is 16.1 Å². The van der Waals surface area contributed by atoms with Gasteiger partial charge in [-0.2, -0.15) is 0 Å². The van der Waals surface area contributed by atoms with Crippen molar-refractivity contribution in [2.45, 2.75) is 47.1 Å². The molecule has 1 saturated carbocycles. The SMILES string of the molecule is C=CC(=O)Nc1cc(F)ccc1-c1cc(C(=O)NCc2c(C)cc(C)[nH]c2=O)c(C)c(N(CC)C(=O)C2CC2)c1. The van der Waals surface area contributed by atoms with Gasteiger partial charge in [0.25, 0.3) is 11.5 Å². The van der Waals surface area contributed by atoms with E-state index in [1.807, 2.05) is 19.9 Å². The van der Waals surface area contributed by atoms with E-state index in [-0.39, 0.29) is 29.6 Å². The topological polar surface area (TPSA) is 111 Å². The molecule has 9 heteroatoms. The van der Waals surface area contributed by atoms with Crippen LogP contribution in [0.1, 0.15) is 52.5 Å². The van der Waals surface area contributed by atoms with Gasteiger partial charge < -0.3 is 20.5 Å². The molecule has 2 aromatic carbocycles. The van der Waals surface area contributed by atoms with Crippen LogP contribution >= 0.6 is 0 Å². The fraction of sp³-hybridized carbons (Fsp3) is 0.290. The van der Waals surface area contributed by atoms with Crippen LogP contribution in [0.5, 0.6) is 0 Å². The van der Waals surface area contributed by atoms with Gasteiger partial charge in [0.2, 0.25) is 11.8 Å². The summed E-state index contributed by atoms with van der Waals surface area (Å²) in [5.41, 5.74) is 4.26. The molecule has 8 nitrogen and oxygen atoms in total. The van der Waals surface area contributed by atoms with E-state index in [0.29, 0.717) is 40.0 Å². The van der Waals surface area contributed by atoms with E-state index >= 15 is 0 Å². The van der Waals surface area contributed by atoms with Crippen LogP contribution < -0.4 is 21.1 Å². The first-order valence-electron chi connectivity index (χ1n) is 13.2. The summed E-state index contributed by atoms with van der Waals surface area (Å²) < 4.78 is 14.2. The minimum absolute atomic E-state index is 0.00890. The summed E-state index contributed by atoms with van der Waals surface area (Å²) in [6.45, 7) is 11.1. The normalized spacial score (nSPS) is 12.5. The fourth-order valence-electron chi connectivity index (χ4n) is 4.79. The number of hydrogen-bond donors (Lipinski definition) is 3. The molecular formula is C31H33FN4O4. The summed E-state index contributed by atoms with van der Waals surface area (Å²) >= 11 is 0. The molecule has 40 heavy (non-hydrogen) atoms. The van der Waals surface area contributed by atoms with Gasteiger partial charge in [-0.3, -0.25) is 19.2 Å². The van der Waals surface area contributed by atoms with Crippen LogP contribution in [0.3, 0.4) is 0 Å². The average molecular weight is 545 g/mol. The van der Waals surface area contributed by atoms with Crippen molar-refractivity contribution in [3.63, 3.8) is 0 Å². The number of anilines is 2. The Morgan fingerprint density at radius 2 is 1.85 bits per heavy atom. The third-order valence-electron chi connectivity index (χ3n) is 7.08. The zero-order valence-corrected chi connectivity index (χ0v) is 23.1. The van der Waals surface area contributed by atoms with Crippen molar-refractivity contribution in [2.24, 2.45) is 5.92 Å². The van der Waals surface area contributed by atoms with E-state index in [0.717, 1.165) is 30.2 Å². The molecule has 1 fully saturated rings. The van der Waals surface area contributed by atoms with Gasteiger partial charge in [0.1, 0.15) is 5.82 Å². The highest BCUT2D eigenvalue weighted by atomic mass is 19.1. The van der Waals surface area contributed by atoms with Crippen molar-refractivity contribution >= 4 is 29.1 Å². The van der Waals surface area contributed by atoms with Gasteiger partial charge in [-0.1, -0.05) is 6.58 Å². The number of benzene rings is 2. The van der Waals surface area contributed by atoms with Gasteiger partial charge in [-0.05, 0) is 99.7 Å². The number of carbonyl (C=O) groups is 3. The fourth-order valence-corrected chi connectivity index (χ4v) is 4.79. The lowest BCUT2D eigenvalue weighted by atomic mass is 9.95. The number of halogens is 1. The molecule has 1 heterocycles. The van der Waals surface area contributed by atoms with Crippen LogP contribution in [0, 0.1) is 32.5 Å².